The second-order valence-corrected chi connectivity index (χ2v) is 7.00. The fourth-order valence-corrected chi connectivity index (χ4v) is 2.93. The van der Waals surface area contributed by atoms with E-state index in [1.165, 1.54) is 11.1 Å². The van der Waals surface area contributed by atoms with E-state index in [1.54, 1.807) is 4.90 Å². The fraction of sp³-hybridized carbons (Fsp3) is 0.409. The van der Waals surface area contributed by atoms with Gasteiger partial charge in [-0.25, -0.2) is 0 Å². The molecule has 0 spiro atoms. The lowest BCUT2D eigenvalue weighted by Gasteiger charge is -2.27. The molecule has 1 atom stereocenters. The van der Waals surface area contributed by atoms with Gasteiger partial charge in [0.05, 0.1) is 12.6 Å². The average Bonchev–Trinajstić information content (AvgIpc) is 2.60. The summed E-state index contributed by atoms with van der Waals surface area (Å²) in [4.78, 5) is 16.3. The molecule has 2 rings (SSSR count). The maximum Gasteiger partial charge on any atom is 0.236 e. The van der Waals surface area contributed by atoms with Crippen LogP contribution in [-0.4, -0.2) is 49.5 Å². The van der Waals surface area contributed by atoms with Gasteiger partial charge in [-0.3, -0.25) is 9.69 Å². The number of benzene rings is 2. The van der Waals surface area contributed by atoms with Crippen LogP contribution in [0.1, 0.15) is 29.7 Å². The van der Waals surface area contributed by atoms with Gasteiger partial charge in [0, 0.05) is 13.6 Å². The number of aryl methyl sites for hydroxylation is 2. The highest BCUT2D eigenvalue weighted by Crippen LogP contribution is 2.18. The molecule has 0 aliphatic carbocycles. The lowest BCUT2D eigenvalue weighted by atomic mass is 10.1. The lowest BCUT2D eigenvalue weighted by Crippen LogP contribution is -2.39. The second kappa shape index (κ2) is 9.39. The largest absolute Gasteiger partial charge is 0.492 e. The van der Waals surface area contributed by atoms with Gasteiger partial charge in [0.2, 0.25) is 5.91 Å². The summed E-state index contributed by atoms with van der Waals surface area (Å²) < 4.78 is 5.83. The SMILES string of the molecule is Cc1cc(C)cc(OCCN(C)CC(=O)N(C)C(C)c2ccccc2)c1. The summed E-state index contributed by atoms with van der Waals surface area (Å²) in [6.45, 7) is 7.82. The van der Waals surface area contributed by atoms with Gasteiger partial charge >= 0.3 is 0 Å². The molecule has 0 saturated carbocycles. The molecular formula is C22H30N2O2. The summed E-state index contributed by atoms with van der Waals surface area (Å²) in [6, 6.07) is 16.3. The van der Waals surface area contributed by atoms with E-state index < -0.39 is 0 Å². The van der Waals surface area contributed by atoms with Gasteiger partial charge in [-0.2, -0.15) is 0 Å². The Labute approximate surface area is 157 Å². The fourth-order valence-electron chi connectivity index (χ4n) is 2.93. The number of nitrogens with zero attached hydrogens (tertiary/aromatic N) is 2. The molecule has 4 heteroatoms. The molecule has 4 nitrogen and oxygen atoms in total. The normalized spacial score (nSPS) is 12.1. The van der Waals surface area contributed by atoms with Crippen LogP contribution >= 0.6 is 0 Å². The Morgan fingerprint density at radius 2 is 1.65 bits per heavy atom. The first kappa shape index (κ1) is 20.0. The molecule has 0 fully saturated rings. The van der Waals surface area contributed by atoms with E-state index in [2.05, 4.69) is 39.0 Å². The molecule has 0 radical (unpaired) electrons. The van der Waals surface area contributed by atoms with Gasteiger partial charge in [0.25, 0.3) is 0 Å². The molecule has 2 aromatic rings. The third kappa shape index (κ3) is 5.88. The minimum absolute atomic E-state index is 0.0589. The first-order valence-electron chi connectivity index (χ1n) is 9.07. The van der Waals surface area contributed by atoms with Crippen molar-refractivity contribution in [3.05, 3.63) is 65.2 Å². The van der Waals surface area contributed by atoms with Crippen LogP contribution in [-0.2, 0) is 4.79 Å². The first-order chi connectivity index (χ1) is 12.4. The smallest absolute Gasteiger partial charge is 0.236 e. The van der Waals surface area contributed by atoms with Crippen molar-refractivity contribution >= 4 is 5.91 Å². The zero-order valence-corrected chi connectivity index (χ0v) is 16.5. The van der Waals surface area contributed by atoms with Crippen molar-refractivity contribution in [2.75, 3.05) is 33.8 Å². The zero-order chi connectivity index (χ0) is 19.1. The van der Waals surface area contributed by atoms with Crippen LogP contribution < -0.4 is 4.74 Å². The molecule has 1 amide bonds. The number of hydrogen-bond acceptors (Lipinski definition) is 3. The number of carbonyl (C=O) groups is 1. The highest BCUT2D eigenvalue weighted by molar-refractivity contribution is 5.78. The van der Waals surface area contributed by atoms with Gasteiger partial charge < -0.3 is 9.64 Å². The minimum Gasteiger partial charge on any atom is -0.492 e. The predicted octanol–water partition coefficient (Wildman–Crippen LogP) is 3.83. The summed E-state index contributed by atoms with van der Waals surface area (Å²) in [7, 11) is 3.81. The summed E-state index contributed by atoms with van der Waals surface area (Å²) in [5, 5.41) is 0. The molecule has 0 heterocycles. The number of likely N-dealkylation sites (N-methyl/N-ethyl adjacent to an activating group) is 2. The monoisotopic (exact) mass is 354 g/mol. The average molecular weight is 354 g/mol. The highest BCUT2D eigenvalue weighted by atomic mass is 16.5. The molecule has 0 aliphatic heterocycles. The maximum atomic E-state index is 12.5. The van der Waals surface area contributed by atoms with Crippen molar-refractivity contribution in [3.8, 4) is 5.75 Å². The van der Waals surface area contributed by atoms with E-state index in [4.69, 9.17) is 4.74 Å². The molecule has 0 bridgehead atoms. The van der Waals surface area contributed by atoms with E-state index in [1.807, 2.05) is 49.3 Å². The lowest BCUT2D eigenvalue weighted by molar-refractivity contribution is -0.132. The second-order valence-electron chi connectivity index (χ2n) is 7.00. The Bertz CT molecular complexity index is 695. The van der Waals surface area contributed by atoms with Gasteiger partial charge in [0.15, 0.2) is 0 Å². The molecule has 2 aromatic carbocycles. The Balaban J connectivity index is 1.79. The molecular weight excluding hydrogens is 324 g/mol. The van der Waals surface area contributed by atoms with Crippen LogP contribution in [0.15, 0.2) is 48.5 Å². The summed E-state index contributed by atoms with van der Waals surface area (Å²) >= 11 is 0. The van der Waals surface area contributed by atoms with Gasteiger partial charge in [-0.05, 0) is 56.6 Å². The van der Waals surface area contributed by atoms with Crippen molar-refractivity contribution in [3.63, 3.8) is 0 Å². The number of hydrogen-bond donors (Lipinski definition) is 0. The van der Waals surface area contributed by atoms with E-state index in [0.717, 1.165) is 11.3 Å². The van der Waals surface area contributed by atoms with E-state index in [-0.39, 0.29) is 11.9 Å². The predicted molar refractivity (Wildman–Crippen MR) is 107 cm³/mol. The Kier molecular flexibility index (Phi) is 7.22. The van der Waals surface area contributed by atoms with E-state index in [0.29, 0.717) is 19.7 Å². The standard InChI is InChI=1S/C22H30N2O2/c1-17-13-18(2)15-21(14-17)26-12-11-23(4)16-22(25)24(5)19(3)20-9-7-6-8-10-20/h6-10,13-15,19H,11-12,16H2,1-5H3. The van der Waals surface area contributed by atoms with Gasteiger partial charge in [-0.15, -0.1) is 0 Å². The number of rotatable bonds is 8. The van der Waals surface area contributed by atoms with Crippen molar-refractivity contribution in [1.82, 2.24) is 9.80 Å². The van der Waals surface area contributed by atoms with Crippen LogP contribution in [0.5, 0.6) is 5.75 Å². The molecule has 0 aliphatic rings. The zero-order valence-electron chi connectivity index (χ0n) is 16.5. The Hall–Kier alpha value is -2.33. The van der Waals surface area contributed by atoms with Crippen LogP contribution in [0.4, 0.5) is 0 Å². The molecule has 0 saturated heterocycles. The van der Waals surface area contributed by atoms with Crippen LogP contribution in [0.3, 0.4) is 0 Å². The van der Waals surface area contributed by atoms with E-state index in [9.17, 15) is 4.79 Å². The van der Waals surface area contributed by atoms with Gasteiger partial charge in [0.1, 0.15) is 12.4 Å². The van der Waals surface area contributed by atoms with Gasteiger partial charge in [-0.1, -0.05) is 36.4 Å². The number of ether oxygens (including phenoxy) is 1. The first-order valence-corrected chi connectivity index (χ1v) is 9.07. The molecule has 0 aromatic heterocycles. The molecule has 140 valence electrons. The maximum absolute atomic E-state index is 12.5. The highest BCUT2D eigenvalue weighted by Gasteiger charge is 2.18. The Morgan fingerprint density at radius 3 is 2.27 bits per heavy atom. The van der Waals surface area contributed by atoms with Crippen LogP contribution in [0, 0.1) is 13.8 Å². The van der Waals surface area contributed by atoms with E-state index >= 15 is 0 Å². The quantitative estimate of drug-likeness (QED) is 0.722. The molecule has 26 heavy (non-hydrogen) atoms. The number of amides is 1. The summed E-state index contributed by atoms with van der Waals surface area (Å²) in [5.41, 5.74) is 3.53. The third-order valence-electron chi connectivity index (χ3n) is 4.60. The van der Waals surface area contributed by atoms with Crippen molar-refractivity contribution in [2.24, 2.45) is 0 Å². The summed E-state index contributed by atoms with van der Waals surface area (Å²) in [5.74, 6) is 0.993. The molecule has 0 N–H and O–H groups in total. The van der Waals surface area contributed by atoms with Crippen LogP contribution in [0.25, 0.3) is 0 Å². The van der Waals surface area contributed by atoms with Crippen molar-refractivity contribution in [1.29, 1.82) is 0 Å². The third-order valence-corrected chi connectivity index (χ3v) is 4.60. The summed E-state index contributed by atoms with van der Waals surface area (Å²) in [6.07, 6.45) is 0. The molecule has 1 unspecified atom stereocenters. The van der Waals surface area contributed by atoms with Crippen LogP contribution in [0.2, 0.25) is 0 Å². The van der Waals surface area contributed by atoms with Crippen molar-refractivity contribution in [2.45, 2.75) is 26.8 Å². The van der Waals surface area contributed by atoms with Crippen molar-refractivity contribution < 1.29 is 9.53 Å². The number of carbonyl (C=O) groups excluding carboxylic acids is 1. The topological polar surface area (TPSA) is 32.8 Å². The Morgan fingerprint density at radius 1 is 1.04 bits per heavy atom. The minimum atomic E-state index is 0.0589.